The first kappa shape index (κ1) is 45.4. The van der Waals surface area contributed by atoms with Crippen LogP contribution in [0.15, 0.2) is 0 Å². The molecule has 5 heteroatoms. The van der Waals surface area contributed by atoms with E-state index in [1.54, 1.807) is 0 Å². The van der Waals surface area contributed by atoms with Crippen molar-refractivity contribution in [1.82, 2.24) is 0 Å². The monoisotopic (exact) mass is 570 g/mol. The van der Waals surface area contributed by atoms with Gasteiger partial charge in [0.1, 0.15) is 11.2 Å². The van der Waals surface area contributed by atoms with Crippen LogP contribution in [0.25, 0.3) is 0 Å². The molecule has 0 spiro atoms. The molecule has 0 saturated heterocycles. The molecule has 5 nitrogen and oxygen atoms in total. The van der Waals surface area contributed by atoms with Crippen molar-refractivity contribution in [2.75, 3.05) is 0 Å². The number of hydrogen-bond donors (Lipinski definition) is 0. The van der Waals surface area contributed by atoms with E-state index in [4.69, 9.17) is 9.47 Å². The highest BCUT2D eigenvalue weighted by Gasteiger charge is 2.55. The summed E-state index contributed by atoms with van der Waals surface area (Å²) in [6.45, 7) is 15.2. The van der Waals surface area contributed by atoms with Gasteiger partial charge in [-0.2, -0.15) is 5.26 Å². The van der Waals surface area contributed by atoms with Gasteiger partial charge in [0, 0.05) is 0 Å². The van der Waals surface area contributed by atoms with Crippen LogP contribution in [0.3, 0.4) is 0 Å². The predicted molar refractivity (Wildman–Crippen MR) is 173 cm³/mol. The van der Waals surface area contributed by atoms with Crippen LogP contribution < -0.4 is 0 Å². The Kier molecular flexibility index (Phi) is 17.7. The van der Waals surface area contributed by atoms with Gasteiger partial charge in [-0.25, -0.2) is 0 Å². The summed E-state index contributed by atoms with van der Waals surface area (Å²) in [7, 11) is 0. The summed E-state index contributed by atoms with van der Waals surface area (Å²) < 4.78 is 12.3. The summed E-state index contributed by atoms with van der Waals surface area (Å²) >= 11 is 0. The summed E-state index contributed by atoms with van der Waals surface area (Å²) in [6, 6.07) is 2.34. The van der Waals surface area contributed by atoms with E-state index in [1.165, 1.54) is 19.3 Å². The maximum absolute atomic E-state index is 13.8. The topological polar surface area (TPSA) is 76.4 Å². The lowest BCUT2D eigenvalue weighted by atomic mass is 9.54. The van der Waals surface area contributed by atoms with E-state index in [1.807, 2.05) is 55.4 Å². The van der Waals surface area contributed by atoms with Gasteiger partial charge in [0.05, 0.1) is 22.3 Å². The van der Waals surface area contributed by atoms with Gasteiger partial charge in [0.2, 0.25) is 0 Å². The van der Waals surface area contributed by atoms with E-state index >= 15 is 0 Å². The van der Waals surface area contributed by atoms with E-state index in [0.717, 1.165) is 19.3 Å². The first-order chi connectivity index (χ1) is 15.5. The van der Waals surface area contributed by atoms with Crippen molar-refractivity contribution in [1.29, 1.82) is 5.26 Å². The second kappa shape index (κ2) is 15.6. The molecule has 0 radical (unpaired) electrons. The molecule has 4 aliphatic carbocycles. The molecular formula is C35H71NO4. The normalized spacial score (nSPS) is 27.0. The fraction of sp³-hybridized carbons (Fsp3) is 0.914. The van der Waals surface area contributed by atoms with Crippen LogP contribution >= 0.6 is 0 Å². The van der Waals surface area contributed by atoms with Gasteiger partial charge in [0.25, 0.3) is 0 Å². The number of hydrogen-bond acceptors (Lipinski definition) is 5. The van der Waals surface area contributed by atoms with Crippen molar-refractivity contribution < 1.29 is 19.1 Å². The molecule has 0 aliphatic heterocycles. The van der Waals surface area contributed by atoms with E-state index in [-0.39, 0.29) is 62.1 Å². The molecule has 0 amide bonds. The molecule has 0 aromatic carbocycles. The van der Waals surface area contributed by atoms with Gasteiger partial charge < -0.3 is 9.47 Å². The molecule has 0 aromatic heterocycles. The largest absolute Gasteiger partial charge is 0.460 e. The average Bonchev–Trinajstić information content (AvgIpc) is 2.69. The number of carbonyl (C=O) groups is 2. The molecule has 4 saturated carbocycles. The molecular weight excluding hydrogens is 498 g/mol. The summed E-state index contributed by atoms with van der Waals surface area (Å²) in [5, 5.41) is 9.53. The maximum Gasteiger partial charge on any atom is 0.312 e. The molecule has 2 atom stereocenters. The molecule has 240 valence electrons. The highest BCUT2D eigenvalue weighted by Crippen LogP contribution is 2.58. The standard InChI is InChI=1S/C29H47NO4.6CH4/c1-9-27(7,23(31)34-29-15-20-12-21(16-29)14-22(13-20)17-29)18-28(8,11-10-26(5,6)19-30)24(32)33-25(2,3)4;;;;;;/h20-22H,9-18H2,1-8H3;6*1H4. The molecule has 4 rings (SSSR count). The van der Waals surface area contributed by atoms with Crippen LogP contribution in [-0.4, -0.2) is 23.1 Å². The van der Waals surface area contributed by atoms with Crippen molar-refractivity contribution in [2.45, 2.75) is 175 Å². The number of carbonyl (C=O) groups excluding carboxylic acids is 2. The SMILES string of the molecule is C.C.C.C.C.C.CCC(C)(CC(C)(CCC(C)(C)C#N)C(=O)OC(C)(C)C)C(=O)OC12CC3CC(CC(C3)C1)C2. The smallest absolute Gasteiger partial charge is 0.312 e. The van der Waals surface area contributed by atoms with Crippen LogP contribution in [-0.2, 0) is 19.1 Å². The molecule has 4 bridgehead atoms. The Morgan fingerprint density at radius 3 is 1.52 bits per heavy atom. The van der Waals surface area contributed by atoms with Crippen molar-refractivity contribution >= 4 is 11.9 Å². The first-order valence-electron chi connectivity index (χ1n) is 13.4. The van der Waals surface area contributed by atoms with E-state index < -0.39 is 21.8 Å². The molecule has 40 heavy (non-hydrogen) atoms. The minimum absolute atomic E-state index is 0. The third kappa shape index (κ3) is 10.4. The second-order valence-corrected chi connectivity index (χ2v) is 14.1. The van der Waals surface area contributed by atoms with Gasteiger partial charge in [-0.3, -0.25) is 9.59 Å². The van der Waals surface area contributed by atoms with Crippen LogP contribution in [0.1, 0.15) is 164 Å². The molecule has 4 fully saturated rings. The molecule has 2 unspecified atom stereocenters. The lowest BCUT2D eigenvalue weighted by molar-refractivity contribution is -0.199. The summed E-state index contributed by atoms with van der Waals surface area (Å²) in [5.41, 5.74) is -3.14. The minimum Gasteiger partial charge on any atom is -0.460 e. The summed E-state index contributed by atoms with van der Waals surface area (Å²) in [5.74, 6) is 1.65. The number of ether oxygens (including phenoxy) is 2. The van der Waals surface area contributed by atoms with Crippen LogP contribution in [0.4, 0.5) is 0 Å². The van der Waals surface area contributed by atoms with Gasteiger partial charge >= 0.3 is 11.9 Å². The highest BCUT2D eigenvalue weighted by atomic mass is 16.6. The first-order valence-corrected chi connectivity index (χ1v) is 13.4. The molecule has 4 aliphatic rings. The predicted octanol–water partition coefficient (Wildman–Crippen LogP) is 10.8. The Balaban J connectivity index is -0.00000108. The fourth-order valence-electron chi connectivity index (χ4n) is 6.99. The van der Waals surface area contributed by atoms with Crippen molar-refractivity contribution in [3.63, 3.8) is 0 Å². The number of rotatable bonds is 9. The quantitative estimate of drug-likeness (QED) is 0.258. The maximum atomic E-state index is 13.8. The van der Waals surface area contributed by atoms with Gasteiger partial charge in [-0.1, -0.05) is 51.5 Å². The Bertz CT molecular complexity index is 798. The van der Waals surface area contributed by atoms with Crippen molar-refractivity contribution in [3.05, 3.63) is 0 Å². The third-order valence-electron chi connectivity index (χ3n) is 8.84. The van der Waals surface area contributed by atoms with Crippen LogP contribution in [0.2, 0.25) is 0 Å². The van der Waals surface area contributed by atoms with E-state index in [0.29, 0.717) is 43.4 Å². The Labute approximate surface area is 251 Å². The second-order valence-electron chi connectivity index (χ2n) is 14.1. The zero-order valence-corrected chi connectivity index (χ0v) is 22.9. The molecule has 0 N–H and O–H groups in total. The lowest BCUT2D eigenvalue weighted by Gasteiger charge is -2.56. The Morgan fingerprint density at radius 1 is 0.750 bits per heavy atom. The summed E-state index contributed by atoms with van der Waals surface area (Å²) in [4.78, 5) is 27.3. The molecule has 0 aromatic rings. The van der Waals surface area contributed by atoms with Crippen LogP contribution in [0, 0.1) is 45.3 Å². The number of nitrogens with zero attached hydrogens (tertiary/aromatic N) is 1. The average molecular weight is 570 g/mol. The van der Waals surface area contributed by atoms with Gasteiger partial charge in [-0.15, -0.1) is 0 Å². The van der Waals surface area contributed by atoms with Crippen molar-refractivity contribution in [2.24, 2.45) is 34.0 Å². The molecule has 0 heterocycles. The minimum atomic E-state index is -0.882. The van der Waals surface area contributed by atoms with Crippen molar-refractivity contribution in [3.8, 4) is 6.07 Å². The Morgan fingerprint density at radius 2 is 1.18 bits per heavy atom. The summed E-state index contributed by atoms with van der Waals surface area (Å²) in [6.07, 6.45) is 8.91. The zero-order chi connectivity index (χ0) is 25.6. The van der Waals surface area contributed by atoms with E-state index in [2.05, 4.69) is 6.07 Å². The zero-order valence-electron chi connectivity index (χ0n) is 22.9. The lowest BCUT2D eigenvalue weighted by Crippen LogP contribution is -2.54. The number of nitriles is 1. The van der Waals surface area contributed by atoms with Gasteiger partial charge in [-0.05, 0) is 130 Å². The Hall–Kier alpha value is -1.57. The van der Waals surface area contributed by atoms with Gasteiger partial charge in [0.15, 0.2) is 0 Å². The fourth-order valence-corrected chi connectivity index (χ4v) is 6.99. The third-order valence-corrected chi connectivity index (χ3v) is 8.84. The van der Waals surface area contributed by atoms with E-state index in [9.17, 15) is 14.9 Å². The van der Waals surface area contributed by atoms with Crippen LogP contribution in [0.5, 0.6) is 0 Å². The highest BCUT2D eigenvalue weighted by molar-refractivity contribution is 5.81. The number of esters is 2.